The van der Waals surface area contributed by atoms with E-state index >= 15 is 0 Å². The molecule has 1 unspecified atom stereocenters. The van der Waals surface area contributed by atoms with Crippen LogP contribution in [0.25, 0.3) is 0 Å². The zero-order valence-corrected chi connectivity index (χ0v) is 16.5. The van der Waals surface area contributed by atoms with Crippen molar-refractivity contribution in [3.63, 3.8) is 0 Å². The normalized spacial score (nSPS) is 17.1. The first-order chi connectivity index (χ1) is 13.0. The number of imidazole rings is 1. The molecule has 0 aliphatic carbocycles. The Morgan fingerprint density at radius 2 is 2.26 bits per heavy atom. The molecule has 0 radical (unpaired) electrons. The van der Waals surface area contributed by atoms with E-state index in [0.29, 0.717) is 35.8 Å². The van der Waals surface area contributed by atoms with Gasteiger partial charge >= 0.3 is 0 Å². The minimum absolute atomic E-state index is 0.111. The van der Waals surface area contributed by atoms with E-state index in [1.807, 2.05) is 4.57 Å². The van der Waals surface area contributed by atoms with Crippen LogP contribution in [0.1, 0.15) is 31.0 Å². The van der Waals surface area contributed by atoms with Gasteiger partial charge < -0.3 is 14.6 Å². The second-order valence-corrected chi connectivity index (χ2v) is 8.01. The Balaban J connectivity index is 1.56. The second-order valence-electron chi connectivity index (χ2n) is 6.97. The Bertz CT molecular complexity index is 802. The number of methoxy groups -OCH3 is 1. The number of carbonyl (C=O) groups excluding carboxylic acids is 2. The van der Waals surface area contributed by atoms with E-state index in [-0.39, 0.29) is 18.2 Å². The summed E-state index contributed by atoms with van der Waals surface area (Å²) in [5, 5.41) is 12.2. The highest BCUT2D eigenvalue weighted by atomic mass is 32.1. The Labute approximate surface area is 161 Å². The second kappa shape index (κ2) is 8.57. The Hall–Kier alpha value is -2.33. The molecule has 27 heavy (non-hydrogen) atoms. The molecule has 2 amide bonds. The van der Waals surface area contributed by atoms with Crippen LogP contribution in [0, 0.1) is 11.8 Å². The molecule has 3 rings (SSSR count). The summed E-state index contributed by atoms with van der Waals surface area (Å²) in [7, 11) is 1.58. The monoisotopic (exact) mass is 392 g/mol. The molecule has 1 aliphatic rings. The minimum atomic E-state index is -0.395. The van der Waals surface area contributed by atoms with Gasteiger partial charge in [-0.25, -0.2) is 4.98 Å². The molecule has 1 fully saturated rings. The Morgan fingerprint density at radius 1 is 1.44 bits per heavy atom. The van der Waals surface area contributed by atoms with Crippen molar-refractivity contribution in [1.29, 1.82) is 0 Å². The van der Waals surface area contributed by atoms with E-state index in [2.05, 4.69) is 34.3 Å². The smallest absolute Gasteiger partial charge is 0.229 e. The van der Waals surface area contributed by atoms with Crippen molar-refractivity contribution < 1.29 is 14.3 Å². The summed E-state index contributed by atoms with van der Waals surface area (Å²) in [6, 6.07) is 0. The van der Waals surface area contributed by atoms with Crippen LogP contribution in [0.3, 0.4) is 0 Å². The fraction of sp³-hybridized carbons (Fsp3) is 0.588. The number of hydrogen-bond donors (Lipinski definition) is 1. The average Bonchev–Trinajstić information content (AvgIpc) is 3.33. The molecule has 1 saturated heterocycles. The lowest BCUT2D eigenvalue weighted by molar-refractivity contribution is -0.126. The number of carbonyl (C=O) groups is 2. The fourth-order valence-electron chi connectivity index (χ4n) is 2.98. The predicted octanol–water partition coefficient (Wildman–Crippen LogP) is 1.21. The number of nitrogens with one attached hydrogen (secondary N) is 1. The highest BCUT2D eigenvalue weighted by Crippen LogP contribution is 2.28. The molecule has 0 bridgehead atoms. The van der Waals surface area contributed by atoms with E-state index in [0.717, 1.165) is 12.2 Å². The average molecular weight is 392 g/mol. The highest BCUT2D eigenvalue weighted by Gasteiger charge is 2.36. The van der Waals surface area contributed by atoms with Crippen LogP contribution in [0.15, 0.2) is 12.5 Å². The summed E-state index contributed by atoms with van der Waals surface area (Å²) in [6.45, 7) is 6.18. The van der Waals surface area contributed by atoms with E-state index in [1.54, 1.807) is 19.6 Å². The summed E-state index contributed by atoms with van der Waals surface area (Å²) in [6.07, 6.45) is 3.71. The van der Waals surface area contributed by atoms with Gasteiger partial charge in [0, 0.05) is 32.8 Å². The van der Waals surface area contributed by atoms with Crippen LogP contribution < -0.4 is 10.2 Å². The van der Waals surface area contributed by atoms with E-state index < -0.39 is 5.92 Å². The number of rotatable bonds is 8. The molecule has 1 N–H and O–H groups in total. The lowest BCUT2D eigenvalue weighted by Crippen LogP contribution is -2.33. The Kier molecular flexibility index (Phi) is 6.17. The maximum atomic E-state index is 12.5. The minimum Gasteiger partial charge on any atom is -0.377 e. The van der Waals surface area contributed by atoms with Crippen molar-refractivity contribution in [2.75, 3.05) is 18.6 Å². The quantitative estimate of drug-likeness (QED) is 0.724. The number of aromatic nitrogens is 4. The van der Waals surface area contributed by atoms with Gasteiger partial charge in [0.1, 0.15) is 11.6 Å². The number of amides is 2. The molecule has 0 saturated carbocycles. The van der Waals surface area contributed by atoms with Crippen molar-refractivity contribution in [2.24, 2.45) is 11.8 Å². The highest BCUT2D eigenvalue weighted by molar-refractivity contribution is 7.15. The summed E-state index contributed by atoms with van der Waals surface area (Å²) < 4.78 is 7.06. The van der Waals surface area contributed by atoms with Gasteiger partial charge in [-0.05, 0) is 5.92 Å². The third-order valence-corrected chi connectivity index (χ3v) is 5.17. The Morgan fingerprint density at radius 3 is 3.00 bits per heavy atom. The van der Waals surface area contributed by atoms with Crippen molar-refractivity contribution in [3.8, 4) is 0 Å². The van der Waals surface area contributed by atoms with E-state index in [9.17, 15) is 9.59 Å². The maximum Gasteiger partial charge on any atom is 0.229 e. The number of hydrogen-bond acceptors (Lipinski definition) is 7. The lowest BCUT2D eigenvalue weighted by Gasteiger charge is -2.14. The van der Waals surface area contributed by atoms with Gasteiger partial charge in [-0.2, -0.15) is 0 Å². The summed E-state index contributed by atoms with van der Waals surface area (Å²) >= 11 is 1.31. The van der Waals surface area contributed by atoms with Gasteiger partial charge in [0.25, 0.3) is 0 Å². The molecule has 9 nitrogen and oxygen atoms in total. The van der Waals surface area contributed by atoms with Gasteiger partial charge in [-0.1, -0.05) is 25.2 Å². The number of nitrogens with zero attached hydrogens (tertiary/aromatic N) is 5. The van der Waals surface area contributed by atoms with Gasteiger partial charge in [-0.15, -0.1) is 10.2 Å². The van der Waals surface area contributed by atoms with E-state index in [4.69, 9.17) is 4.74 Å². The SMILES string of the molecule is COCc1nnc(N2CC(C(=O)NCc3cncn3CC(C)C)CC2=O)s1. The molecule has 0 spiro atoms. The number of ether oxygens (including phenoxy) is 1. The summed E-state index contributed by atoms with van der Waals surface area (Å²) in [4.78, 5) is 30.5. The predicted molar refractivity (Wildman–Crippen MR) is 100.0 cm³/mol. The van der Waals surface area contributed by atoms with Crippen molar-refractivity contribution in [2.45, 2.75) is 40.0 Å². The molecular formula is C17H24N6O3S. The first kappa shape index (κ1) is 19.4. The molecule has 2 aromatic heterocycles. The molecule has 2 aromatic rings. The molecule has 0 aromatic carbocycles. The van der Waals surface area contributed by atoms with Crippen LogP contribution in [-0.4, -0.2) is 45.2 Å². The lowest BCUT2D eigenvalue weighted by atomic mass is 10.1. The van der Waals surface area contributed by atoms with E-state index in [1.165, 1.54) is 16.2 Å². The first-order valence-electron chi connectivity index (χ1n) is 8.86. The van der Waals surface area contributed by atoms with Gasteiger partial charge in [0.15, 0.2) is 0 Å². The fourth-order valence-corrected chi connectivity index (χ4v) is 3.82. The zero-order chi connectivity index (χ0) is 19.4. The molecular weight excluding hydrogens is 368 g/mol. The molecule has 146 valence electrons. The number of anilines is 1. The standard InChI is InChI=1S/C17H24N6O3S/c1-11(2)7-22-10-18-5-13(22)6-19-16(25)12-4-15(24)23(8-12)17-21-20-14(27-17)9-26-3/h5,10-12H,4,6-9H2,1-3H3,(H,19,25). The van der Waals surface area contributed by atoms with Gasteiger partial charge in [0.2, 0.25) is 16.9 Å². The van der Waals surface area contributed by atoms with Crippen molar-refractivity contribution in [1.82, 2.24) is 25.1 Å². The van der Waals surface area contributed by atoms with Crippen molar-refractivity contribution >= 4 is 28.3 Å². The first-order valence-corrected chi connectivity index (χ1v) is 9.68. The molecule has 1 atom stereocenters. The van der Waals surface area contributed by atoms with Crippen LogP contribution in [0.4, 0.5) is 5.13 Å². The van der Waals surface area contributed by atoms with Crippen LogP contribution in [-0.2, 0) is 34.0 Å². The maximum absolute atomic E-state index is 12.5. The molecule has 3 heterocycles. The van der Waals surface area contributed by atoms with Crippen LogP contribution >= 0.6 is 11.3 Å². The summed E-state index contributed by atoms with van der Waals surface area (Å²) in [5.74, 6) is -0.150. The topological polar surface area (TPSA) is 102 Å². The van der Waals surface area contributed by atoms with Crippen LogP contribution in [0.5, 0.6) is 0 Å². The molecule has 1 aliphatic heterocycles. The summed E-state index contributed by atoms with van der Waals surface area (Å²) in [5.41, 5.74) is 0.951. The van der Waals surface area contributed by atoms with Gasteiger partial charge in [-0.3, -0.25) is 14.5 Å². The third kappa shape index (κ3) is 4.69. The zero-order valence-electron chi connectivity index (χ0n) is 15.7. The van der Waals surface area contributed by atoms with Gasteiger partial charge in [0.05, 0.1) is 24.5 Å². The van der Waals surface area contributed by atoms with Crippen LogP contribution in [0.2, 0.25) is 0 Å². The van der Waals surface area contributed by atoms with Crippen molar-refractivity contribution in [3.05, 3.63) is 23.2 Å². The largest absolute Gasteiger partial charge is 0.377 e. The third-order valence-electron chi connectivity index (χ3n) is 4.25. The molecule has 10 heteroatoms.